The van der Waals surface area contributed by atoms with Crippen LogP contribution in [0.4, 0.5) is 20.4 Å². The highest BCUT2D eigenvalue weighted by molar-refractivity contribution is 6.03. The maximum Gasteiger partial charge on any atom is 0.258 e. The van der Waals surface area contributed by atoms with Crippen LogP contribution in [0.5, 0.6) is 0 Å². The molecule has 1 amide bonds. The fourth-order valence-corrected chi connectivity index (χ4v) is 2.28. The van der Waals surface area contributed by atoms with E-state index in [0.29, 0.717) is 24.6 Å². The number of carbonyl (C=O) groups is 1. The first kappa shape index (κ1) is 17.5. The highest BCUT2D eigenvalue weighted by Gasteiger charge is 2.08. The Morgan fingerprint density at radius 2 is 1.69 bits per heavy atom. The van der Waals surface area contributed by atoms with E-state index in [1.54, 1.807) is 18.2 Å². The van der Waals surface area contributed by atoms with Crippen LogP contribution in [-0.4, -0.2) is 22.4 Å². The maximum atomic E-state index is 13.1. The third-order valence-corrected chi connectivity index (χ3v) is 3.61. The lowest BCUT2D eigenvalue weighted by molar-refractivity contribution is 0.102. The second kappa shape index (κ2) is 8.15. The van der Waals surface area contributed by atoms with Gasteiger partial charge in [-0.25, -0.2) is 18.7 Å². The number of carbonyl (C=O) groups excluding carboxylic acids is 1. The zero-order chi connectivity index (χ0) is 18.4. The molecular weight excluding hydrogens is 338 g/mol. The van der Waals surface area contributed by atoms with E-state index in [1.807, 2.05) is 0 Å². The van der Waals surface area contributed by atoms with Crippen LogP contribution in [0.3, 0.4) is 0 Å². The normalized spacial score (nSPS) is 10.4. The van der Waals surface area contributed by atoms with Gasteiger partial charge in [0.15, 0.2) is 0 Å². The summed E-state index contributed by atoms with van der Waals surface area (Å²) in [5.74, 6) is -0.736. The summed E-state index contributed by atoms with van der Waals surface area (Å²) in [5.41, 5.74) is 1.61. The molecule has 3 aromatic rings. The number of amides is 1. The first-order chi connectivity index (χ1) is 12.6. The highest BCUT2D eigenvalue weighted by Crippen LogP contribution is 2.11. The van der Waals surface area contributed by atoms with Gasteiger partial charge in [0, 0.05) is 24.6 Å². The first-order valence-electron chi connectivity index (χ1n) is 7.97. The van der Waals surface area contributed by atoms with Gasteiger partial charge in [0.2, 0.25) is 5.95 Å². The number of rotatable bonds is 6. The molecule has 7 heteroatoms. The number of nitrogens with one attached hydrogen (secondary N) is 2. The molecule has 132 valence electrons. The van der Waals surface area contributed by atoms with E-state index < -0.39 is 11.7 Å². The third kappa shape index (κ3) is 4.83. The summed E-state index contributed by atoms with van der Waals surface area (Å²) in [4.78, 5) is 20.3. The van der Waals surface area contributed by atoms with Gasteiger partial charge < -0.3 is 10.6 Å². The second-order valence-electron chi connectivity index (χ2n) is 5.56. The van der Waals surface area contributed by atoms with E-state index in [9.17, 15) is 13.6 Å². The van der Waals surface area contributed by atoms with Gasteiger partial charge in [-0.3, -0.25) is 4.79 Å². The molecule has 0 saturated carbocycles. The zero-order valence-electron chi connectivity index (χ0n) is 13.7. The van der Waals surface area contributed by atoms with Gasteiger partial charge in [0.1, 0.15) is 11.6 Å². The van der Waals surface area contributed by atoms with E-state index in [2.05, 4.69) is 20.6 Å². The summed E-state index contributed by atoms with van der Waals surface area (Å²) in [5, 5.41) is 5.61. The van der Waals surface area contributed by atoms with Crippen LogP contribution in [0.15, 0.2) is 60.9 Å². The predicted molar refractivity (Wildman–Crippen MR) is 95.0 cm³/mol. The van der Waals surface area contributed by atoms with Gasteiger partial charge in [-0.2, -0.15) is 0 Å². The van der Waals surface area contributed by atoms with Crippen molar-refractivity contribution in [2.75, 3.05) is 17.2 Å². The van der Waals surface area contributed by atoms with Crippen LogP contribution >= 0.6 is 0 Å². The van der Waals surface area contributed by atoms with Gasteiger partial charge in [-0.05, 0) is 42.3 Å². The van der Waals surface area contributed by atoms with Gasteiger partial charge in [-0.15, -0.1) is 0 Å². The summed E-state index contributed by atoms with van der Waals surface area (Å²) in [6.07, 6.45) is 3.47. The average molecular weight is 354 g/mol. The summed E-state index contributed by atoms with van der Waals surface area (Å²) < 4.78 is 26.0. The monoisotopic (exact) mass is 354 g/mol. The summed E-state index contributed by atoms with van der Waals surface area (Å²) in [6.45, 7) is 0.570. The Kier molecular flexibility index (Phi) is 5.48. The summed E-state index contributed by atoms with van der Waals surface area (Å²) in [6, 6.07) is 11.9. The Bertz CT molecular complexity index is 883. The van der Waals surface area contributed by atoms with E-state index in [1.165, 1.54) is 42.7 Å². The lowest BCUT2D eigenvalue weighted by atomic mass is 10.1. The topological polar surface area (TPSA) is 66.9 Å². The molecule has 0 aliphatic heterocycles. The Morgan fingerprint density at radius 3 is 2.38 bits per heavy atom. The van der Waals surface area contributed by atoms with E-state index in [0.717, 1.165) is 5.56 Å². The minimum atomic E-state index is -0.431. The van der Waals surface area contributed by atoms with Crippen LogP contribution in [0.2, 0.25) is 0 Å². The van der Waals surface area contributed by atoms with Crippen molar-refractivity contribution in [3.63, 3.8) is 0 Å². The predicted octanol–water partition coefficient (Wildman–Crippen LogP) is 3.66. The molecule has 5 nitrogen and oxygen atoms in total. The molecule has 0 spiro atoms. The number of anilines is 2. The molecule has 2 N–H and O–H groups in total. The van der Waals surface area contributed by atoms with Crippen LogP contribution in [0.1, 0.15) is 15.9 Å². The van der Waals surface area contributed by atoms with Gasteiger partial charge >= 0.3 is 0 Å². The molecule has 0 atom stereocenters. The Morgan fingerprint density at radius 1 is 0.962 bits per heavy atom. The van der Waals surface area contributed by atoms with Crippen molar-refractivity contribution >= 4 is 17.5 Å². The number of hydrogen-bond donors (Lipinski definition) is 2. The number of aromatic nitrogens is 2. The summed E-state index contributed by atoms with van der Waals surface area (Å²) in [7, 11) is 0. The van der Waals surface area contributed by atoms with Crippen molar-refractivity contribution in [2.24, 2.45) is 0 Å². The molecular formula is C19H16F2N4O. The maximum absolute atomic E-state index is 13.1. The smallest absolute Gasteiger partial charge is 0.258 e. The molecule has 26 heavy (non-hydrogen) atoms. The highest BCUT2D eigenvalue weighted by atomic mass is 19.1. The number of nitrogens with zero attached hydrogens (tertiary/aromatic N) is 2. The minimum Gasteiger partial charge on any atom is -0.354 e. The minimum absolute atomic E-state index is 0.262. The van der Waals surface area contributed by atoms with E-state index in [-0.39, 0.29) is 11.4 Å². The lowest BCUT2D eigenvalue weighted by Gasteiger charge is -2.07. The Labute approximate surface area is 149 Å². The third-order valence-electron chi connectivity index (χ3n) is 3.61. The molecule has 1 heterocycles. The van der Waals surface area contributed by atoms with Crippen molar-refractivity contribution < 1.29 is 13.6 Å². The average Bonchev–Trinajstić information content (AvgIpc) is 2.64. The molecule has 0 fully saturated rings. The SMILES string of the molecule is O=C(Nc1cccc(F)c1)c1cnc(NCCc2ccc(F)cc2)nc1. The van der Waals surface area contributed by atoms with Crippen molar-refractivity contribution in [3.8, 4) is 0 Å². The van der Waals surface area contributed by atoms with Gasteiger partial charge in [0.25, 0.3) is 5.91 Å². The lowest BCUT2D eigenvalue weighted by Crippen LogP contribution is -2.14. The van der Waals surface area contributed by atoms with Crippen LogP contribution < -0.4 is 10.6 Å². The Hall–Kier alpha value is -3.35. The molecule has 0 aliphatic rings. The van der Waals surface area contributed by atoms with E-state index in [4.69, 9.17) is 0 Å². The van der Waals surface area contributed by atoms with Crippen molar-refractivity contribution in [1.82, 2.24) is 9.97 Å². The van der Waals surface area contributed by atoms with Crippen LogP contribution in [-0.2, 0) is 6.42 Å². The molecule has 1 aromatic heterocycles. The Balaban J connectivity index is 1.52. The molecule has 0 radical (unpaired) electrons. The summed E-state index contributed by atoms with van der Waals surface area (Å²) >= 11 is 0. The number of benzene rings is 2. The van der Waals surface area contributed by atoms with Gasteiger partial charge in [-0.1, -0.05) is 18.2 Å². The zero-order valence-corrected chi connectivity index (χ0v) is 13.7. The first-order valence-corrected chi connectivity index (χ1v) is 7.97. The quantitative estimate of drug-likeness (QED) is 0.709. The van der Waals surface area contributed by atoms with Crippen molar-refractivity contribution in [1.29, 1.82) is 0 Å². The molecule has 3 rings (SSSR count). The van der Waals surface area contributed by atoms with Crippen molar-refractivity contribution in [3.05, 3.63) is 83.7 Å². The number of halogens is 2. The molecule has 0 unspecified atom stereocenters. The fraction of sp³-hybridized carbons (Fsp3) is 0.105. The fourth-order valence-electron chi connectivity index (χ4n) is 2.28. The van der Waals surface area contributed by atoms with Crippen LogP contribution in [0, 0.1) is 11.6 Å². The van der Waals surface area contributed by atoms with Gasteiger partial charge in [0.05, 0.1) is 5.56 Å². The molecule has 0 bridgehead atoms. The largest absolute Gasteiger partial charge is 0.354 e. The van der Waals surface area contributed by atoms with Crippen LogP contribution in [0.25, 0.3) is 0 Å². The molecule has 2 aromatic carbocycles. The standard InChI is InChI=1S/C19H16F2N4O/c20-15-6-4-13(5-7-15)8-9-22-19-23-11-14(12-24-19)18(26)25-17-3-1-2-16(21)10-17/h1-7,10-12H,8-9H2,(H,25,26)(H,22,23,24). The molecule has 0 aliphatic carbocycles. The second-order valence-corrected chi connectivity index (χ2v) is 5.56. The van der Waals surface area contributed by atoms with Crippen molar-refractivity contribution in [2.45, 2.75) is 6.42 Å². The number of hydrogen-bond acceptors (Lipinski definition) is 4. The molecule has 0 saturated heterocycles. The van der Waals surface area contributed by atoms with E-state index >= 15 is 0 Å².